The third-order valence-electron chi connectivity index (χ3n) is 5.27. The van der Waals surface area contributed by atoms with E-state index in [1.807, 2.05) is 79.7 Å². The van der Waals surface area contributed by atoms with Crippen LogP contribution in [0.4, 0.5) is 0 Å². The summed E-state index contributed by atoms with van der Waals surface area (Å²) in [6, 6.07) is 23.0. The second kappa shape index (κ2) is 9.29. The van der Waals surface area contributed by atoms with Crippen molar-refractivity contribution in [3.8, 4) is 5.75 Å². The number of fused-ring (bicyclic) bond motifs is 2. The van der Waals surface area contributed by atoms with Crippen molar-refractivity contribution in [2.45, 2.75) is 18.8 Å². The number of para-hydroxylation sites is 1. The van der Waals surface area contributed by atoms with Gasteiger partial charge in [0.25, 0.3) is 5.91 Å². The van der Waals surface area contributed by atoms with Crippen molar-refractivity contribution >= 4 is 40.1 Å². The summed E-state index contributed by atoms with van der Waals surface area (Å²) in [5, 5.41) is 12.2. The number of amidine groups is 1. The van der Waals surface area contributed by atoms with Gasteiger partial charge in [0.1, 0.15) is 11.4 Å². The van der Waals surface area contributed by atoms with Crippen molar-refractivity contribution in [2.75, 3.05) is 6.61 Å². The molecule has 0 aromatic heterocycles. The zero-order valence-electron chi connectivity index (χ0n) is 17.9. The summed E-state index contributed by atoms with van der Waals surface area (Å²) in [6.45, 7) is 2.52. The number of carbonyl (C=O) groups excluding carboxylic acids is 1. The first-order valence-corrected chi connectivity index (χ1v) is 11.9. The summed E-state index contributed by atoms with van der Waals surface area (Å²) in [6.07, 6.45) is -0.479. The van der Waals surface area contributed by atoms with Gasteiger partial charge in [-0.3, -0.25) is 15.1 Å². The third-order valence-corrected chi connectivity index (χ3v) is 6.46. The molecule has 1 N–H and O–H groups in total. The molecule has 166 valence electrons. The van der Waals surface area contributed by atoms with Gasteiger partial charge in [0.15, 0.2) is 11.3 Å². The Morgan fingerprint density at radius 1 is 1.09 bits per heavy atom. The molecular weight excluding hydrogens is 456 g/mol. The van der Waals surface area contributed by atoms with Crippen LogP contribution in [-0.2, 0) is 10.5 Å². The van der Waals surface area contributed by atoms with Gasteiger partial charge in [-0.25, -0.2) is 5.01 Å². The molecule has 2 aliphatic rings. The van der Waals surface area contributed by atoms with E-state index in [1.54, 1.807) is 5.01 Å². The first kappa shape index (κ1) is 21.6. The number of hydrazone groups is 1. The van der Waals surface area contributed by atoms with Crippen LogP contribution in [-0.4, -0.2) is 22.7 Å². The standard InChI is InChI=1S/C25H21ClN4O2S/c1-2-32-19-7-5-6-17(14-19)23-27-21-9-4-3-8-20(21)22-24(31)28-25(29-30(22)23)33-15-16-10-12-18(26)13-11-16/h3-14,23H,2,15H2,1H3,(H,28,29,31)/t23-/m1/s1. The van der Waals surface area contributed by atoms with Gasteiger partial charge in [-0.2, -0.15) is 0 Å². The average Bonchev–Trinajstić information content (AvgIpc) is 2.83. The Balaban J connectivity index is 1.54. The highest BCUT2D eigenvalue weighted by Crippen LogP contribution is 2.32. The summed E-state index contributed by atoms with van der Waals surface area (Å²) in [5.41, 5.74) is 2.47. The monoisotopic (exact) mass is 476 g/mol. The third kappa shape index (κ3) is 4.47. The lowest BCUT2D eigenvalue weighted by molar-refractivity contribution is -0.116. The minimum absolute atomic E-state index is 0.197. The maximum atomic E-state index is 13.2. The number of ether oxygens (including phenoxy) is 1. The molecule has 1 amide bonds. The van der Waals surface area contributed by atoms with Gasteiger partial charge >= 0.3 is 0 Å². The van der Waals surface area contributed by atoms with Crippen LogP contribution in [0.2, 0.25) is 5.02 Å². The molecule has 3 aromatic carbocycles. The van der Waals surface area contributed by atoms with E-state index >= 15 is 0 Å². The van der Waals surface area contributed by atoms with Crippen LogP contribution in [0.25, 0.3) is 5.70 Å². The molecule has 5 rings (SSSR count). The second-order valence-electron chi connectivity index (χ2n) is 7.49. The molecule has 0 radical (unpaired) electrons. The fourth-order valence-electron chi connectivity index (χ4n) is 3.77. The Morgan fingerprint density at radius 2 is 1.91 bits per heavy atom. The summed E-state index contributed by atoms with van der Waals surface area (Å²) >= 11 is 7.45. The molecule has 0 spiro atoms. The molecule has 33 heavy (non-hydrogen) atoms. The van der Waals surface area contributed by atoms with Crippen LogP contribution >= 0.6 is 23.4 Å². The molecule has 0 bridgehead atoms. The van der Waals surface area contributed by atoms with Crippen molar-refractivity contribution in [2.24, 2.45) is 10.1 Å². The van der Waals surface area contributed by atoms with Crippen LogP contribution in [0, 0.1) is 0 Å². The minimum atomic E-state index is -0.479. The van der Waals surface area contributed by atoms with Gasteiger partial charge < -0.3 is 4.74 Å². The lowest BCUT2D eigenvalue weighted by atomic mass is 10.1. The molecule has 2 aliphatic heterocycles. The van der Waals surface area contributed by atoms with Gasteiger partial charge in [0.2, 0.25) is 0 Å². The molecule has 0 aliphatic carbocycles. The van der Waals surface area contributed by atoms with Gasteiger partial charge in [-0.05, 0) is 42.8 Å². The highest BCUT2D eigenvalue weighted by molar-refractivity contribution is 8.13. The number of nitrogens with zero attached hydrogens (tertiary/aromatic N) is 3. The Kier molecular flexibility index (Phi) is 6.07. The lowest BCUT2D eigenvalue weighted by Gasteiger charge is -2.34. The highest BCUT2D eigenvalue weighted by Gasteiger charge is 2.34. The predicted molar refractivity (Wildman–Crippen MR) is 131 cm³/mol. The smallest absolute Gasteiger partial charge is 0.276 e. The minimum Gasteiger partial charge on any atom is -0.494 e. The number of benzene rings is 3. The Labute approximate surface area is 200 Å². The van der Waals surface area contributed by atoms with Crippen molar-refractivity contribution in [1.29, 1.82) is 0 Å². The van der Waals surface area contributed by atoms with E-state index in [9.17, 15) is 4.79 Å². The molecule has 1 atom stereocenters. The zero-order valence-corrected chi connectivity index (χ0v) is 19.4. The fraction of sp³-hybridized carbons (Fsp3) is 0.160. The number of nitrogens with one attached hydrogen (secondary N) is 1. The first-order valence-electron chi connectivity index (χ1n) is 10.6. The van der Waals surface area contributed by atoms with Crippen molar-refractivity contribution in [3.63, 3.8) is 0 Å². The maximum absolute atomic E-state index is 13.2. The number of hydrogen-bond acceptors (Lipinski definition) is 6. The van der Waals surface area contributed by atoms with Gasteiger partial charge in [0.05, 0.1) is 12.0 Å². The van der Waals surface area contributed by atoms with Crippen LogP contribution < -0.4 is 20.6 Å². The number of carbonyl (C=O) groups is 1. The number of amides is 1. The van der Waals surface area contributed by atoms with E-state index in [0.717, 1.165) is 27.5 Å². The maximum Gasteiger partial charge on any atom is 0.276 e. The van der Waals surface area contributed by atoms with Gasteiger partial charge in [-0.1, -0.05) is 65.8 Å². The summed E-state index contributed by atoms with van der Waals surface area (Å²) in [7, 11) is 0. The second-order valence-corrected chi connectivity index (χ2v) is 8.89. The summed E-state index contributed by atoms with van der Waals surface area (Å²) < 4.78 is 5.69. The van der Waals surface area contributed by atoms with E-state index < -0.39 is 6.17 Å². The van der Waals surface area contributed by atoms with E-state index in [-0.39, 0.29) is 5.91 Å². The molecule has 2 heterocycles. The van der Waals surface area contributed by atoms with Crippen molar-refractivity contribution < 1.29 is 9.53 Å². The highest BCUT2D eigenvalue weighted by atomic mass is 35.5. The van der Waals surface area contributed by atoms with E-state index in [2.05, 4.69) is 5.32 Å². The van der Waals surface area contributed by atoms with E-state index in [1.165, 1.54) is 11.8 Å². The molecule has 0 saturated carbocycles. The van der Waals surface area contributed by atoms with Crippen LogP contribution in [0.15, 0.2) is 82.9 Å². The van der Waals surface area contributed by atoms with Gasteiger partial charge in [-0.15, -0.1) is 5.10 Å². The SMILES string of the molecule is CCOc1cccc([C@@H]2N=c3ccccc3=C3C(=O)NC(SCc4ccc(Cl)cc4)=NN32)c1. The van der Waals surface area contributed by atoms with Gasteiger partial charge in [0, 0.05) is 21.6 Å². The first-order chi connectivity index (χ1) is 16.1. The summed E-state index contributed by atoms with van der Waals surface area (Å²) in [4.78, 5) is 18.2. The largest absolute Gasteiger partial charge is 0.494 e. The molecule has 0 saturated heterocycles. The number of thioether (sulfide) groups is 1. The number of rotatable bonds is 5. The fourth-order valence-corrected chi connectivity index (χ4v) is 4.71. The summed E-state index contributed by atoms with van der Waals surface area (Å²) in [5.74, 6) is 1.21. The van der Waals surface area contributed by atoms with E-state index in [4.69, 9.17) is 26.4 Å². The Hall–Kier alpha value is -3.29. The quantitative estimate of drug-likeness (QED) is 0.608. The van der Waals surface area contributed by atoms with Crippen LogP contribution in [0.5, 0.6) is 5.75 Å². The molecule has 0 fully saturated rings. The normalized spacial score (nSPS) is 16.8. The zero-order chi connectivity index (χ0) is 22.8. The number of halogens is 1. The van der Waals surface area contributed by atoms with Crippen molar-refractivity contribution in [3.05, 3.63) is 99.5 Å². The lowest BCUT2D eigenvalue weighted by Crippen LogP contribution is -2.50. The molecule has 6 nitrogen and oxygen atoms in total. The molecular formula is C25H21ClN4O2S. The molecule has 0 unspecified atom stereocenters. The average molecular weight is 477 g/mol. The van der Waals surface area contributed by atoms with E-state index in [0.29, 0.717) is 28.2 Å². The van der Waals surface area contributed by atoms with Crippen LogP contribution in [0.1, 0.15) is 24.2 Å². The molecule has 8 heteroatoms. The van der Waals surface area contributed by atoms with Crippen LogP contribution in [0.3, 0.4) is 0 Å². The topological polar surface area (TPSA) is 66.3 Å². The predicted octanol–water partition coefficient (Wildman–Crippen LogP) is 3.82. The Bertz CT molecular complexity index is 1360. The Morgan fingerprint density at radius 3 is 2.73 bits per heavy atom. The van der Waals surface area contributed by atoms with Crippen molar-refractivity contribution in [1.82, 2.24) is 10.3 Å². The number of hydrogen-bond donors (Lipinski definition) is 1. The molecule has 3 aromatic rings.